The number of rotatable bonds is 8. The van der Waals surface area contributed by atoms with Crippen molar-refractivity contribution in [1.82, 2.24) is 10.6 Å². The first-order valence-corrected chi connectivity index (χ1v) is 10.0. The number of hydrogen-bond donors (Lipinski definition) is 3. The highest BCUT2D eigenvalue weighted by Gasteiger charge is 2.30. The Bertz CT molecular complexity index is 991. The van der Waals surface area contributed by atoms with Gasteiger partial charge in [0, 0.05) is 5.92 Å². The van der Waals surface area contributed by atoms with Crippen LogP contribution in [-0.4, -0.2) is 54.8 Å². The quantitative estimate of drug-likeness (QED) is 0.536. The van der Waals surface area contributed by atoms with Crippen LogP contribution in [0, 0.1) is 0 Å². The van der Waals surface area contributed by atoms with Crippen molar-refractivity contribution >= 4 is 23.9 Å². The van der Waals surface area contributed by atoms with Gasteiger partial charge in [-0.15, -0.1) is 0 Å². The summed E-state index contributed by atoms with van der Waals surface area (Å²) in [6, 6.07) is 13.2. The largest absolute Gasteiger partial charge is 0.480 e. The summed E-state index contributed by atoms with van der Waals surface area (Å²) in [5.74, 6) is -3.07. The Morgan fingerprint density at radius 2 is 1.53 bits per heavy atom. The Balaban J connectivity index is 1.57. The van der Waals surface area contributed by atoms with Crippen LogP contribution in [0.2, 0.25) is 0 Å². The lowest BCUT2D eigenvalue weighted by molar-refractivity contribution is -0.148. The topological polar surface area (TPSA) is 131 Å². The van der Waals surface area contributed by atoms with Crippen molar-refractivity contribution in [3.63, 3.8) is 0 Å². The zero-order valence-corrected chi connectivity index (χ0v) is 17.7. The molecule has 0 fully saturated rings. The molecule has 0 radical (unpaired) electrons. The summed E-state index contributed by atoms with van der Waals surface area (Å²) in [5, 5.41) is 13.7. The second-order valence-electron chi connectivity index (χ2n) is 7.37. The maximum atomic E-state index is 12.3. The standard InChI is InChI=1S/C23H24N2O7/c1-13(21(27)25-19(22(28)29)11-20(26)31-2)24-23(30)32-12-18-16-9-5-3-7-14(16)15-8-4-6-10-17(15)18/h3-10,13,18-19H,11-12H2,1-2H3,(H,24,30)(H,25,27)(H,28,29)/t13-,19-/m1/s1. The molecule has 0 unspecified atom stereocenters. The summed E-state index contributed by atoms with van der Waals surface area (Å²) in [5.41, 5.74) is 4.30. The van der Waals surface area contributed by atoms with E-state index in [0.717, 1.165) is 29.4 Å². The van der Waals surface area contributed by atoms with E-state index in [1.165, 1.54) is 6.92 Å². The predicted octanol–water partition coefficient (Wildman–Crippen LogP) is 2.05. The van der Waals surface area contributed by atoms with Gasteiger partial charge in [0.15, 0.2) is 0 Å². The number of carbonyl (C=O) groups is 4. The van der Waals surface area contributed by atoms with Crippen LogP contribution < -0.4 is 10.6 Å². The molecule has 0 saturated carbocycles. The molecule has 0 heterocycles. The van der Waals surface area contributed by atoms with Crippen LogP contribution in [0.3, 0.4) is 0 Å². The molecule has 2 amide bonds. The molecule has 2 aromatic carbocycles. The first-order valence-electron chi connectivity index (χ1n) is 10.0. The third kappa shape index (κ3) is 5.05. The Kier molecular flexibility index (Phi) is 7.09. The van der Waals surface area contributed by atoms with Crippen molar-refractivity contribution in [2.45, 2.75) is 31.3 Å². The number of aliphatic carboxylic acids is 1. The minimum absolute atomic E-state index is 0.0777. The number of ether oxygens (including phenoxy) is 2. The number of hydrogen-bond acceptors (Lipinski definition) is 6. The summed E-state index contributed by atoms with van der Waals surface area (Å²) in [7, 11) is 1.12. The Labute approximate surface area is 184 Å². The normalized spacial score (nSPS) is 13.8. The molecule has 0 bridgehead atoms. The molecular weight excluding hydrogens is 416 g/mol. The van der Waals surface area contributed by atoms with E-state index in [9.17, 15) is 19.2 Å². The number of alkyl carbamates (subject to hydrolysis) is 1. The summed E-state index contributed by atoms with van der Waals surface area (Å²) in [4.78, 5) is 47.1. The van der Waals surface area contributed by atoms with Gasteiger partial charge in [-0.1, -0.05) is 48.5 Å². The van der Waals surface area contributed by atoms with E-state index in [1.54, 1.807) is 0 Å². The lowest BCUT2D eigenvalue weighted by atomic mass is 9.98. The molecule has 3 N–H and O–H groups in total. The Hall–Kier alpha value is -3.88. The lowest BCUT2D eigenvalue weighted by Crippen LogP contribution is -2.51. The summed E-state index contributed by atoms with van der Waals surface area (Å²) < 4.78 is 9.80. The number of nitrogens with one attached hydrogen (secondary N) is 2. The number of carboxylic acids is 1. The van der Waals surface area contributed by atoms with E-state index in [4.69, 9.17) is 9.84 Å². The van der Waals surface area contributed by atoms with E-state index in [0.29, 0.717) is 0 Å². The van der Waals surface area contributed by atoms with Gasteiger partial charge in [-0.25, -0.2) is 9.59 Å². The molecule has 0 aromatic heterocycles. The maximum absolute atomic E-state index is 12.3. The highest BCUT2D eigenvalue weighted by atomic mass is 16.5. The van der Waals surface area contributed by atoms with E-state index in [-0.39, 0.29) is 12.5 Å². The van der Waals surface area contributed by atoms with Crippen molar-refractivity contribution in [3.05, 3.63) is 59.7 Å². The van der Waals surface area contributed by atoms with Crippen LogP contribution in [0.25, 0.3) is 11.1 Å². The van der Waals surface area contributed by atoms with Crippen LogP contribution in [0.5, 0.6) is 0 Å². The first kappa shape index (κ1) is 22.8. The van der Waals surface area contributed by atoms with Gasteiger partial charge in [-0.05, 0) is 29.2 Å². The molecule has 3 rings (SSSR count). The number of methoxy groups -OCH3 is 1. The van der Waals surface area contributed by atoms with E-state index >= 15 is 0 Å². The van der Waals surface area contributed by atoms with Gasteiger partial charge in [-0.2, -0.15) is 0 Å². The van der Waals surface area contributed by atoms with Crippen molar-refractivity contribution in [3.8, 4) is 11.1 Å². The molecule has 32 heavy (non-hydrogen) atoms. The molecule has 1 aliphatic rings. The van der Waals surface area contributed by atoms with Gasteiger partial charge in [-0.3, -0.25) is 9.59 Å². The SMILES string of the molecule is COC(=O)C[C@@H](NC(=O)[C@@H](C)NC(=O)OCC1c2ccccc2-c2ccccc21)C(=O)O. The fraction of sp³-hybridized carbons (Fsp3) is 0.304. The number of carbonyl (C=O) groups excluding carboxylic acids is 3. The average Bonchev–Trinajstić information content (AvgIpc) is 3.10. The zero-order valence-electron chi connectivity index (χ0n) is 17.7. The van der Waals surface area contributed by atoms with E-state index in [1.807, 2.05) is 48.5 Å². The fourth-order valence-corrected chi connectivity index (χ4v) is 3.63. The van der Waals surface area contributed by atoms with Gasteiger partial charge in [0.1, 0.15) is 18.7 Å². The third-order valence-corrected chi connectivity index (χ3v) is 5.28. The number of fused-ring (bicyclic) bond motifs is 3. The van der Waals surface area contributed by atoms with Crippen LogP contribution in [0.15, 0.2) is 48.5 Å². The van der Waals surface area contributed by atoms with E-state index in [2.05, 4.69) is 15.4 Å². The Morgan fingerprint density at radius 1 is 0.969 bits per heavy atom. The molecule has 2 atom stereocenters. The van der Waals surface area contributed by atoms with Crippen molar-refractivity contribution in [1.29, 1.82) is 0 Å². The minimum atomic E-state index is -1.47. The van der Waals surface area contributed by atoms with Crippen LogP contribution in [-0.2, 0) is 23.9 Å². The Morgan fingerprint density at radius 3 is 2.06 bits per heavy atom. The average molecular weight is 440 g/mol. The number of benzene rings is 2. The number of esters is 1. The summed E-state index contributed by atoms with van der Waals surface area (Å²) in [6.07, 6.45) is -1.34. The van der Waals surface area contributed by atoms with Crippen LogP contribution in [0.1, 0.15) is 30.4 Å². The van der Waals surface area contributed by atoms with Crippen LogP contribution >= 0.6 is 0 Å². The van der Waals surface area contributed by atoms with Crippen molar-refractivity contribution in [2.75, 3.05) is 13.7 Å². The summed E-state index contributed by atoms with van der Waals surface area (Å²) in [6.45, 7) is 1.46. The third-order valence-electron chi connectivity index (χ3n) is 5.28. The van der Waals surface area contributed by atoms with Gasteiger partial charge in [0.25, 0.3) is 0 Å². The highest BCUT2D eigenvalue weighted by Crippen LogP contribution is 2.44. The van der Waals surface area contributed by atoms with Gasteiger partial charge in [0.2, 0.25) is 5.91 Å². The molecule has 2 aromatic rings. The predicted molar refractivity (Wildman–Crippen MR) is 114 cm³/mol. The lowest BCUT2D eigenvalue weighted by Gasteiger charge is -2.19. The molecule has 0 saturated heterocycles. The first-order chi connectivity index (χ1) is 15.3. The minimum Gasteiger partial charge on any atom is -0.480 e. The molecule has 9 nitrogen and oxygen atoms in total. The van der Waals surface area contributed by atoms with Gasteiger partial charge < -0.3 is 25.2 Å². The zero-order chi connectivity index (χ0) is 23.3. The molecule has 168 valence electrons. The summed E-state index contributed by atoms with van der Waals surface area (Å²) >= 11 is 0. The molecule has 1 aliphatic carbocycles. The fourth-order valence-electron chi connectivity index (χ4n) is 3.63. The van der Waals surface area contributed by atoms with E-state index < -0.39 is 42.4 Å². The highest BCUT2D eigenvalue weighted by molar-refractivity contribution is 5.90. The van der Waals surface area contributed by atoms with Crippen LogP contribution in [0.4, 0.5) is 4.79 Å². The molecular formula is C23H24N2O7. The van der Waals surface area contributed by atoms with Gasteiger partial charge >= 0.3 is 18.0 Å². The smallest absolute Gasteiger partial charge is 0.407 e. The molecule has 9 heteroatoms. The van der Waals surface area contributed by atoms with Gasteiger partial charge in [0.05, 0.1) is 13.5 Å². The second-order valence-corrected chi connectivity index (χ2v) is 7.37. The number of amides is 2. The van der Waals surface area contributed by atoms with Crippen molar-refractivity contribution < 1.29 is 33.8 Å². The molecule has 0 spiro atoms. The maximum Gasteiger partial charge on any atom is 0.407 e. The van der Waals surface area contributed by atoms with Crippen molar-refractivity contribution in [2.24, 2.45) is 0 Å². The molecule has 0 aliphatic heterocycles. The number of carboxylic acid groups (broad SMARTS) is 1. The monoisotopic (exact) mass is 440 g/mol. The second kappa shape index (κ2) is 9.95.